The molecule has 3 N–H and O–H groups in total. The van der Waals surface area contributed by atoms with E-state index in [2.05, 4.69) is 29.4 Å². The maximum absolute atomic E-state index is 14.4. The Balaban J connectivity index is 1.61. The summed E-state index contributed by atoms with van der Waals surface area (Å²) in [5.41, 5.74) is 1.26. The lowest BCUT2D eigenvalue weighted by atomic mass is 9.79. The molecule has 0 saturated carbocycles. The number of carbonyl (C=O) groups is 3. The highest BCUT2D eigenvalue weighted by Crippen LogP contribution is 2.47. The SMILES string of the molecule is CCCCC1(CCCC)CN(c2ccccc2)c2cc(SC)c(OCC(=O)N[C@@H](C(=O)NCC(=O)NCC(F)(F)F)c3ccccc3)cc2S(=O)(=O)C1. The number of amides is 3. The fraction of sp³-hybridized carbons (Fsp3) is 0.447. The van der Waals surface area contributed by atoms with Crippen LogP contribution in [0.2, 0.25) is 0 Å². The Labute approximate surface area is 313 Å². The minimum atomic E-state index is -4.62. The van der Waals surface area contributed by atoms with Gasteiger partial charge in [0.15, 0.2) is 16.4 Å². The number of sulfone groups is 1. The highest BCUT2D eigenvalue weighted by atomic mass is 32.2. The van der Waals surface area contributed by atoms with Crippen molar-refractivity contribution in [3.05, 3.63) is 78.4 Å². The number of benzene rings is 3. The monoisotopic (exact) mass is 776 g/mol. The molecule has 10 nitrogen and oxygen atoms in total. The molecule has 1 atom stereocenters. The fourth-order valence-electron chi connectivity index (χ4n) is 6.40. The van der Waals surface area contributed by atoms with Gasteiger partial charge in [-0.2, -0.15) is 13.2 Å². The van der Waals surface area contributed by atoms with Crippen LogP contribution < -0.4 is 25.6 Å². The molecule has 0 saturated heterocycles. The van der Waals surface area contributed by atoms with Crippen LogP contribution in [0.4, 0.5) is 24.5 Å². The van der Waals surface area contributed by atoms with Crippen molar-refractivity contribution in [2.45, 2.75) is 74.4 Å². The molecule has 288 valence electrons. The van der Waals surface area contributed by atoms with Gasteiger partial charge in [-0.3, -0.25) is 14.4 Å². The van der Waals surface area contributed by atoms with Crippen molar-refractivity contribution in [1.82, 2.24) is 16.0 Å². The predicted octanol–water partition coefficient (Wildman–Crippen LogP) is 6.73. The number of alkyl halides is 3. The number of nitrogens with one attached hydrogen (secondary N) is 3. The highest BCUT2D eigenvalue weighted by molar-refractivity contribution is 7.98. The van der Waals surface area contributed by atoms with Gasteiger partial charge in [-0.05, 0) is 42.9 Å². The Bertz CT molecular complexity index is 1800. The summed E-state index contributed by atoms with van der Waals surface area (Å²) in [4.78, 5) is 41.1. The molecule has 4 rings (SSSR count). The van der Waals surface area contributed by atoms with E-state index in [1.165, 1.54) is 17.8 Å². The lowest BCUT2D eigenvalue weighted by Gasteiger charge is -2.37. The molecule has 3 aromatic carbocycles. The van der Waals surface area contributed by atoms with E-state index >= 15 is 0 Å². The molecule has 3 aromatic rings. The van der Waals surface area contributed by atoms with E-state index in [0.29, 0.717) is 22.7 Å². The second-order valence-corrected chi connectivity index (χ2v) is 16.0. The number of fused-ring (bicyclic) bond motifs is 1. The van der Waals surface area contributed by atoms with Crippen molar-refractivity contribution in [2.75, 3.05) is 43.1 Å². The molecule has 53 heavy (non-hydrogen) atoms. The second-order valence-electron chi connectivity index (χ2n) is 13.2. The van der Waals surface area contributed by atoms with E-state index in [9.17, 15) is 36.0 Å². The third kappa shape index (κ3) is 11.6. The fourth-order valence-corrected chi connectivity index (χ4v) is 9.07. The van der Waals surface area contributed by atoms with E-state index in [1.54, 1.807) is 41.7 Å². The van der Waals surface area contributed by atoms with Crippen LogP contribution in [0.25, 0.3) is 0 Å². The Kier molecular flexibility index (Phi) is 14.6. The van der Waals surface area contributed by atoms with Gasteiger partial charge in [0.1, 0.15) is 18.3 Å². The number of thioether (sulfide) groups is 1. The Morgan fingerprint density at radius 1 is 0.925 bits per heavy atom. The first-order valence-corrected chi connectivity index (χ1v) is 20.4. The quantitative estimate of drug-likeness (QED) is 0.129. The zero-order valence-electron chi connectivity index (χ0n) is 30.1. The molecule has 15 heteroatoms. The van der Waals surface area contributed by atoms with Gasteiger partial charge in [0, 0.05) is 23.7 Å². The topological polar surface area (TPSA) is 134 Å². The number of carbonyl (C=O) groups excluding carboxylic acids is 3. The van der Waals surface area contributed by atoms with Crippen LogP contribution >= 0.6 is 11.8 Å². The van der Waals surface area contributed by atoms with Crippen LogP contribution in [0.1, 0.15) is 64.0 Å². The van der Waals surface area contributed by atoms with Crippen molar-refractivity contribution in [1.29, 1.82) is 0 Å². The van der Waals surface area contributed by atoms with Crippen LogP contribution in [0, 0.1) is 5.41 Å². The molecule has 1 heterocycles. The average molecular weight is 777 g/mol. The summed E-state index contributed by atoms with van der Waals surface area (Å²) in [6.07, 6.45) is 2.38. The number of nitrogens with zero attached hydrogens (tertiary/aromatic N) is 1. The number of hydrogen-bond acceptors (Lipinski definition) is 8. The molecule has 0 spiro atoms. The third-order valence-electron chi connectivity index (χ3n) is 9.02. The number of hydrogen-bond donors (Lipinski definition) is 3. The van der Waals surface area contributed by atoms with Crippen LogP contribution in [0.5, 0.6) is 5.75 Å². The van der Waals surface area contributed by atoms with Gasteiger partial charge in [0.05, 0.1) is 27.8 Å². The van der Waals surface area contributed by atoms with Crippen LogP contribution in [0.15, 0.2) is 82.6 Å². The normalized spacial score (nSPS) is 15.4. The van der Waals surface area contributed by atoms with Gasteiger partial charge in [-0.25, -0.2) is 8.42 Å². The van der Waals surface area contributed by atoms with Crippen molar-refractivity contribution >= 4 is 50.7 Å². The smallest absolute Gasteiger partial charge is 0.405 e. The van der Waals surface area contributed by atoms with Crippen molar-refractivity contribution in [2.24, 2.45) is 5.41 Å². The number of rotatable bonds is 17. The lowest BCUT2D eigenvalue weighted by Crippen LogP contribution is -2.46. The first-order chi connectivity index (χ1) is 25.2. The Hall–Kier alpha value is -4.24. The minimum absolute atomic E-state index is 0.0308. The molecule has 0 aliphatic carbocycles. The number of halogens is 3. The van der Waals surface area contributed by atoms with E-state index in [4.69, 9.17) is 4.74 Å². The van der Waals surface area contributed by atoms with Gasteiger partial charge < -0.3 is 25.6 Å². The highest BCUT2D eigenvalue weighted by Gasteiger charge is 2.42. The number of anilines is 2. The lowest BCUT2D eigenvalue weighted by molar-refractivity contribution is -0.138. The predicted molar refractivity (Wildman–Crippen MR) is 200 cm³/mol. The molecule has 0 fully saturated rings. The minimum Gasteiger partial charge on any atom is -0.483 e. The average Bonchev–Trinajstić information content (AvgIpc) is 3.23. The summed E-state index contributed by atoms with van der Waals surface area (Å²) in [5, 5.41) is 6.51. The summed E-state index contributed by atoms with van der Waals surface area (Å²) in [5.74, 6) is -2.47. The zero-order valence-corrected chi connectivity index (χ0v) is 31.8. The summed E-state index contributed by atoms with van der Waals surface area (Å²) >= 11 is 1.33. The number of unbranched alkanes of at least 4 members (excludes halogenated alkanes) is 2. The van der Waals surface area contributed by atoms with Crippen molar-refractivity contribution in [3.8, 4) is 5.75 Å². The molecular weight excluding hydrogens is 730 g/mol. The molecule has 0 aromatic heterocycles. The van der Waals surface area contributed by atoms with Crippen LogP contribution in [0.3, 0.4) is 0 Å². The van der Waals surface area contributed by atoms with Gasteiger partial charge in [-0.1, -0.05) is 88.1 Å². The molecule has 0 bridgehead atoms. The summed E-state index contributed by atoms with van der Waals surface area (Å²) in [6, 6.07) is 19.7. The summed E-state index contributed by atoms with van der Waals surface area (Å²) < 4.78 is 72.2. The van der Waals surface area contributed by atoms with E-state index in [-0.39, 0.29) is 16.4 Å². The zero-order chi connectivity index (χ0) is 38.6. The van der Waals surface area contributed by atoms with Crippen LogP contribution in [-0.4, -0.2) is 70.6 Å². The Morgan fingerprint density at radius 3 is 2.13 bits per heavy atom. The standard InChI is InChI=1S/C38H47F3N4O6S2/c1-4-6-18-37(19-7-5-2)25-45(28-16-12-9-13-17-28)29-20-31(52-3)30(21-32(29)53(49,50)26-37)51-23-34(47)44-35(27-14-10-8-11-15-27)36(48)42-22-33(46)43-24-38(39,40)41/h8-17,20-21,35H,4-7,18-19,22-26H2,1-3H3,(H,42,48)(H,43,46)(H,44,47)/t35-/m1/s1. The molecule has 3 amide bonds. The van der Waals surface area contributed by atoms with E-state index in [1.807, 2.05) is 36.6 Å². The van der Waals surface area contributed by atoms with E-state index < -0.39 is 64.9 Å². The molecule has 0 radical (unpaired) electrons. The maximum atomic E-state index is 14.4. The third-order valence-corrected chi connectivity index (χ3v) is 11.8. The second kappa shape index (κ2) is 18.7. The summed E-state index contributed by atoms with van der Waals surface area (Å²) in [7, 11) is -3.85. The number of ether oxygens (including phenoxy) is 1. The molecule has 1 aliphatic rings. The van der Waals surface area contributed by atoms with Gasteiger partial charge in [0.2, 0.25) is 11.8 Å². The molecular formula is C38H47F3N4O6S2. The largest absolute Gasteiger partial charge is 0.483 e. The van der Waals surface area contributed by atoms with Crippen molar-refractivity contribution < 1.29 is 40.7 Å². The number of para-hydroxylation sites is 1. The molecule has 0 unspecified atom stereocenters. The van der Waals surface area contributed by atoms with Gasteiger partial charge >= 0.3 is 6.18 Å². The van der Waals surface area contributed by atoms with Crippen molar-refractivity contribution in [3.63, 3.8) is 0 Å². The first-order valence-electron chi connectivity index (χ1n) is 17.6. The Morgan fingerprint density at radius 2 is 1.55 bits per heavy atom. The van der Waals surface area contributed by atoms with Crippen LogP contribution in [-0.2, 0) is 24.2 Å². The van der Waals surface area contributed by atoms with E-state index in [0.717, 1.165) is 44.2 Å². The molecule has 1 aliphatic heterocycles. The van der Waals surface area contributed by atoms with Gasteiger partial charge in [-0.15, -0.1) is 11.8 Å². The summed E-state index contributed by atoms with van der Waals surface area (Å²) in [6.45, 7) is 1.83. The maximum Gasteiger partial charge on any atom is 0.405 e. The van der Waals surface area contributed by atoms with Gasteiger partial charge in [0.25, 0.3) is 5.91 Å². The first kappa shape index (κ1) is 41.5.